The molecule has 0 radical (unpaired) electrons. The van der Waals surface area contributed by atoms with E-state index >= 15 is 0 Å². The van der Waals surface area contributed by atoms with Gasteiger partial charge in [0.15, 0.2) is 0 Å². The highest BCUT2D eigenvalue weighted by Gasteiger charge is 2.36. The van der Waals surface area contributed by atoms with E-state index in [9.17, 15) is 8.42 Å². The number of sulfonamides is 1. The topological polar surface area (TPSA) is 50.3 Å². The Morgan fingerprint density at radius 1 is 1.12 bits per heavy atom. The van der Waals surface area contributed by atoms with E-state index < -0.39 is 10.0 Å². The van der Waals surface area contributed by atoms with Crippen LogP contribution in [0.1, 0.15) is 47.6 Å². The van der Waals surface area contributed by atoms with E-state index in [0.717, 1.165) is 41.5 Å². The van der Waals surface area contributed by atoms with Crippen LogP contribution in [0, 0.1) is 20.8 Å². The first-order valence-electron chi connectivity index (χ1n) is 8.41. The molecule has 0 aliphatic carbocycles. The highest BCUT2D eigenvalue weighted by atomic mass is 32.2. The average Bonchev–Trinajstić information content (AvgIpc) is 2.54. The van der Waals surface area contributed by atoms with Gasteiger partial charge >= 0.3 is 0 Å². The Bertz CT molecular complexity index is 809. The van der Waals surface area contributed by atoms with E-state index in [1.807, 2.05) is 45.0 Å². The molecule has 2 heterocycles. The number of hydrogen-bond acceptors (Lipinski definition) is 3. The van der Waals surface area contributed by atoms with Gasteiger partial charge < -0.3 is 0 Å². The Balaban J connectivity index is 2.08. The van der Waals surface area contributed by atoms with E-state index in [0.29, 0.717) is 11.4 Å². The van der Waals surface area contributed by atoms with Crippen molar-refractivity contribution in [1.82, 2.24) is 9.29 Å². The molecular weight excluding hydrogens is 320 g/mol. The van der Waals surface area contributed by atoms with Gasteiger partial charge in [-0.15, -0.1) is 0 Å². The lowest BCUT2D eigenvalue weighted by molar-refractivity contribution is 0.255. The molecule has 2 aromatic rings. The molecule has 1 aromatic carbocycles. The summed E-state index contributed by atoms with van der Waals surface area (Å²) in [6.07, 6.45) is 6.29. The zero-order chi connectivity index (χ0) is 17.3. The van der Waals surface area contributed by atoms with Crippen molar-refractivity contribution in [3.63, 3.8) is 0 Å². The van der Waals surface area contributed by atoms with E-state index in [1.54, 1.807) is 16.7 Å². The fourth-order valence-corrected chi connectivity index (χ4v) is 5.89. The van der Waals surface area contributed by atoms with Crippen LogP contribution in [-0.2, 0) is 10.0 Å². The van der Waals surface area contributed by atoms with Gasteiger partial charge in [-0.05, 0) is 56.4 Å². The molecule has 4 nitrogen and oxygen atoms in total. The van der Waals surface area contributed by atoms with Crippen molar-refractivity contribution in [3.05, 3.63) is 58.9 Å². The van der Waals surface area contributed by atoms with Crippen LogP contribution < -0.4 is 0 Å². The van der Waals surface area contributed by atoms with Crippen LogP contribution in [0.25, 0.3) is 0 Å². The van der Waals surface area contributed by atoms with E-state index in [1.165, 1.54) is 0 Å². The lowest BCUT2D eigenvalue weighted by Gasteiger charge is -2.35. The predicted octanol–water partition coefficient (Wildman–Crippen LogP) is 3.92. The van der Waals surface area contributed by atoms with Crippen LogP contribution >= 0.6 is 0 Å². The van der Waals surface area contributed by atoms with Gasteiger partial charge in [0.05, 0.1) is 10.9 Å². The van der Waals surface area contributed by atoms with E-state index in [2.05, 4.69) is 4.98 Å². The van der Waals surface area contributed by atoms with Crippen molar-refractivity contribution in [2.45, 2.75) is 51.0 Å². The van der Waals surface area contributed by atoms with Gasteiger partial charge in [0.25, 0.3) is 0 Å². The van der Waals surface area contributed by atoms with Crippen LogP contribution in [0.2, 0.25) is 0 Å². The minimum Gasteiger partial charge on any atom is -0.264 e. The molecular formula is C19H24N2O2S. The highest BCUT2D eigenvalue weighted by Crippen LogP contribution is 2.36. The Kier molecular flexibility index (Phi) is 4.74. The Hall–Kier alpha value is -1.72. The molecule has 1 atom stereocenters. The summed E-state index contributed by atoms with van der Waals surface area (Å²) in [6.45, 7) is 6.33. The molecule has 1 saturated heterocycles. The molecule has 128 valence electrons. The zero-order valence-corrected chi connectivity index (χ0v) is 15.3. The van der Waals surface area contributed by atoms with Gasteiger partial charge in [0, 0.05) is 18.9 Å². The maximum atomic E-state index is 13.4. The van der Waals surface area contributed by atoms with Gasteiger partial charge in [-0.25, -0.2) is 8.42 Å². The first-order valence-corrected chi connectivity index (χ1v) is 9.85. The summed E-state index contributed by atoms with van der Waals surface area (Å²) in [5.41, 5.74) is 3.71. The maximum absolute atomic E-state index is 13.4. The summed E-state index contributed by atoms with van der Waals surface area (Å²) in [5, 5.41) is 0. The van der Waals surface area contributed by atoms with Gasteiger partial charge in [-0.3, -0.25) is 4.98 Å². The summed E-state index contributed by atoms with van der Waals surface area (Å²) >= 11 is 0. The van der Waals surface area contributed by atoms with E-state index in [-0.39, 0.29) is 6.04 Å². The van der Waals surface area contributed by atoms with Crippen LogP contribution in [0.4, 0.5) is 0 Å². The number of hydrogen-bond donors (Lipinski definition) is 0. The Morgan fingerprint density at radius 2 is 1.83 bits per heavy atom. The fourth-order valence-electron chi connectivity index (χ4n) is 3.79. The minimum absolute atomic E-state index is 0.127. The third-order valence-electron chi connectivity index (χ3n) is 4.69. The summed E-state index contributed by atoms with van der Waals surface area (Å²) in [4.78, 5) is 4.64. The number of piperidine rings is 1. The molecule has 0 saturated carbocycles. The lowest BCUT2D eigenvalue weighted by Crippen LogP contribution is -2.39. The summed E-state index contributed by atoms with van der Waals surface area (Å²) in [6, 6.07) is 7.61. The summed E-state index contributed by atoms with van der Waals surface area (Å²) in [7, 11) is -3.53. The summed E-state index contributed by atoms with van der Waals surface area (Å²) in [5.74, 6) is 0. The van der Waals surface area contributed by atoms with Crippen molar-refractivity contribution >= 4 is 10.0 Å². The molecule has 0 unspecified atom stereocenters. The van der Waals surface area contributed by atoms with Gasteiger partial charge in [0.1, 0.15) is 0 Å². The highest BCUT2D eigenvalue weighted by molar-refractivity contribution is 7.89. The molecule has 0 spiro atoms. The van der Waals surface area contributed by atoms with Crippen molar-refractivity contribution in [2.75, 3.05) is 6.54 Å². The Morgan fingerprint density at radius 3 is 2.46 bits per heavy atom. The van der Waals surface area contributed by atoms with Gasteiger partial charge in [-0.2, -0.15) is 4.31 Å². The first kappa shape index (κ1) is 17.1. The molecule has 1 aliphatic heterocycles. The quantitative estimate of drug-likeness (QED) is 0.848. The zero-order valence-electron chi connectivity index (χ0n) is 14.5. The number of aromatic nitrogens is 1. The minimum atomic E-state index is -3.53. The molecule has 24 heavy (non-hydrogen) atoms. The molecule has 1 fully saturated rings. The number of nitrogens with zero attached hydrogens (tertiary/aromatic N) is 2. The van der Waals surface area contributed by atoms with Crippen LogP contribution in [0.15, 0.2) is 41.6 Å². The second kappa shape index (κ2) is 6.65. The third kappa shape index (κ3) is 3.10. The van der Waals surface area contributed by atoms with Crippen LogP contribution in [0.5, 0.6) is 0 Å². The fraction of sp³-hybridized carbons (Fsp3) is 0.421. The van der Waals surface area contributed by atoms with Gasteiger partial charge in [-0.1, -0.05) is 30.2 Å². The second-order valence-electron chi connectivity index (χ2n) is 6.64. The molecule has 1 aliphatic rings. The van der Waals surface area contributed by atoms with Crippen molar-refractivity contribution < 1.29 is 8.42 Å². The third-order valence-corrected chi connectivity index (χ3v) is 6.91. The second-order valence-corrected chi connectivity index (χ2v) is 8.47. The van der Waals surface area contributed by atoms with E-state index in [4.69, 9.17) is 0 Å². The molecule has 0 bridgehead atoms. The number of benzene rings is 1. The molecule has 3 rings (SSSR count). The first-order chi connectivity index (χ1) is 11.4. The van der Waals surface area contributed by atoms with Crippen molar-refractivity contribution in [2.24, 2.45) is 0 Å². The SMILES string of the molecule is Cc1cc(C)c(S(=O)(=O)N2CCCC[C@H]2c2cccnc2)c(C)c1. The van der Waals surface area contributed by atoms with Crippen molar-refractivity contribution in [3.8, 4) is 0 Å². The molecule has 5 heteroatoms. The standard InChI is InChI=1S/C19H24N2O2S/c1-14-11-15(2)19(16(3)12-14)24(22,23)21-10-5-4-8-18(21)17-7-6-9-20-13-17/h6-7,9,11-13,18H,4-5,8,10H2,1-3H3/t18-/m0/s1. The number of rotatable bonds is 3. The largest absolute Gasteiger partial charge is 0.264 e. The van der Waals surface area contributed by atoms with Crippen LogP contribution in [-0.4, -0.2) is 24.3 Å². The predicted molar refractivity (Wildman–Crippen MR) is 95.4 cm³/mol. The average molecular weight is 344 g/mol. The lowest BCUT2D eigenvalue weighted by atomic mass is 9.99. The van der Waals surface area contributed by atoms with Crippen LogP contribution in [0.3, 0.4) is 0 Å². The van der Waals surface area contributed by atoms with Gasteiger partial charge in [0.2, 0.25) is 10.0 Å². The maximum Gasteiger partial charge on any atom is 0.244 e. The number of pyridine rings is 1. The monoisotopic (exact) mass is 344 g/mol. The van der Waals surface area contributed by atoms with Crippen molar-refractivity contribution in [1.29, 1.82) is 0 Å². The molecule has 0 N–H and O–H groups in total. The molecule has 1 aromatic heterocycles. The normalized spacial score (nSPS) is 19.4. The summed E-state index contributed by atoms with van der Waals surface area (Å²) < 4.78 is 28.5. The molecule has 0 amide bonds. The Labute approximate surface area is 144 Å². The smallest absolute Gasteiger partial charge is 0.244 e. The number of aryl methyl sites for hydroxylation is 3.